The number of hydrogen-bond acceptors (Lipinski definition) is 6. The first-order valence-corrected chi connectivity index (χ1v) is 11.8. The van der Waals surface area contributed by atoms with Crippen LogP contribution in [0.4, 0.5) is 11.4 Å². The number of nitrogens with zero attached hydrogens (tertiary/aromatic N) is 1. The highest BCUT2D eigenvalue weighted by Crippen LogP contribution is 2.29. The SMILES string of the molecule is COc1ccc(C(=O)c2cccc(N)c2NC(=O)C2CCN(Cc3ccc(O)cc3Cl)CC2)cc1. The molecule has 7 nitrogen and oxygen atoms in total. The molecule has 1 fully saturated rings. The number of aromatic hydroxyl groups is 1. The van der Waals surface area contributed by atoms with E-state index in [1.54, 1.807) is 55.6 Å². The van der Waals surface area contributed by atoms with E-state index in [4.69, 9.17) is 22.1 Å². The number of ketones is 1. The average molecular weight is 494 g/mol. The highest BCUT2D eigenvalue weighted by molar-refractivity contribution is 6.31. The van der Waals surface area contributed by atoms with Crippen molar-refractivity contribution in [1.29, 1.82) is 0 Å². The molecule has 4 rings (SSSR count). The first kappa shape index (κ1) is 24.6. The maximum Gasteiger partial charge on any atom is 0.227 e. The number of likely N-dealkylation sites (tertiary alicyclic amines) is 1. The van der Waals surface area contributed by atoms with Gasteiger partial charge in [0.2, 0.25) is 5.91 Å². The summed E-state index contributed by atoms with van der Waals surface area (Å²) in [6.07, 6.45) is 1.35. The van der Waals surface area contributed by atoms with E-state index in [9.17, 15) is 14.7 Å². The lowest BCUT2D eigenvalue weighted by Crippen LogP contribution is -2.38. The standard InChI is InChI=1S/C27H28ClN3O4/c1-35-21-9-6-17(7-10-21)26(33)22-3-2-4-24(29)25(22)30-27(34)18-11-13-31(14-12-18)16-19-5-8-20(32)15-23(19)28/h2-10,15,18,32H,11-14,16,29H2,1H3,(H,30,34). The second-order valence-electron chi connectivity index (χ2n) is 8.64. The van der Waals surface area contributed by atoms with E-state index >= 15 is 0 Å². The van der Waals surface area contributed by atoms with Gasteiger partial charge in [-0.3, -0.25) is 14.5 Å². The summed E-state index contributed by atoms with van der Waals surface area (Å²) in [6, 6.07) is 16.8. The van der Waals surface area contributed by atoms with Crippen LogP contribution < -0.4 is 15.8 Å². The Balaban J connectivity index is 1.41. The average Bonchev–Trinajstić information content (AvgIpc) is 2.87. The van der Waals surface area contributed by atoms with Crippen LogP contribution in [-0.2, 0) is 11.3 Å². The van der Waals surface area contributed by atoms with Crippen molar-refractivity contribution in [3.63, 3.8) is 0 Å². The van der Waals surface area contributed by atoms with Crippen LogP contribution in [0.15, 0.2) is 60.7 Å². The number of piperidine rings is 1. The summed E-state index contributed by atoms with van der Waals surface area (Å²) in [7, 11) is 1.56. The molecule has 0 aliphatic carbocycles. The van der Waals surface area contributed by atoms with Gasteiger partial charge in [-0.25, -0.2) is 0 Å². The Kier molecular flexibility index (Phi) is 7.58. The molecular formula is C27H28ClN3O4. The number of hydrogen-bond donors (Lipinski definition) is 3. The summed E-state index contributed by atoms with van der Waals surface area (Å²) in [6.45, 7) is 2.12. The van der Waals surface area contributed by atoms with Crippen LogP contribution in [0.2, 0.25) is 5.02 Å². The Labute approximate surface area is 209 Å². The van der Waals surface area contributed by atoms with Crippen LogP contribution >= 0.6 is 11.6 Å². The molecular weight excluding hydrogens is 466 g/mol. The first-order chi connectivity index (χ1) is 16.9. The van der Waals surface area contributed by atoms with Crippen molar-refractivity contribution in [1.82, 2.24) is 4.90 Å². The van der Waals surface area contributed by atoms with Gasteiger partial charge < -0.3 is 20.9 Å². The molecule has 3 aromatic carbocycles. The molecule has 8 heteroatoms. The molecule has 0 radical (unpaired) electrons. The minimum Gasteiger partial charge on any atom is -0.508 e. The molecule has 1 saturated heterocycles. The van der Waals surface area contributed by atoms with E-state index in [1.165, 1.54) is 6.07 Å². The van der Waals surface area contributed by atoms with Crippen molar-refractivity contribution in [2.24, 2.45) is 5.92 Å². The second kappa shape index (κ2) is 10.8. The summed E-state index contributed by atoms with van der Waals surface area (Å²) >= 11 is 6.24. The number of halogens is 1. The van der Waals surface area contributed by atoms with Crippen LogP contribution in [0.3, 0.4) is 0 Å². The van der Waals surface area contributed by atoms with Gasteiger partial charge in [0.15, 0.2) is 5.78 Å². The first-order valence-electron chi connectivity index (χ1n) is 11.4. The second-order valence-corrected chi connectivity index (χ2v) is 9.05. The van der Waals surface area contributed by atoms with Crippen LogP contribution in [0.1, 0.15) is 34.3 Å². The summed E-state index contributed by atoms with van der Waals surface area (Å²) in [5, 5.41) is 13.0. The molecule has 1 aliphatic rings. The number of carbonyl (C=O) groups excluding carboxylic acids is 2. The van der Waals surface area contributed by atoms with E-state index in [2.05, 4.69) is 10.2 Å². The smallest absolute Gasteiger partial charge is 0.227 e. The third kappa shape index (κ3) is 5.75. The number of nitrogen functional groups attached to an aromatic ring is 1. The molecule has 1 aliphatic heterocycles. The predicted octanol–water partition coefficient (Wildman–Crippen LogP) is 4.72. The van der Waals surface area contributed by atoms with Crippen LogP contribution in [0.5, 0.6) is 11.5 Å². The van der Waals surface area contributed by atoms with Crippen molar-refractivity contribution >= 4 is 34.7 Å². The van der Waals surface area contributed by atoms with Gasteiger partial charge in [0.25, 0.3) is 0 Å². The van der Waals surface area contributed by atoms with Gasteiger partial charge in [-0.1, -0.05) is 23.7 Å². The molecule has 0 atom stereocenters. The van der Waals surface area contributed by atoms with E-state index in [0.717, 1.165) is 18.7 Å². The third-order valence-electron chi connectivity index (χ3n) is 6.33. The Morgan fingerprint density at radius 1 is 1.11 bits per heavy atom. The monoisotopic (exact) mass is 493 g/mol. The zero-order valence-corrected chi connectivity index (χ0v) is 20.2. The molecule has 0 bridgehead atoms. The zero-order chi connectivity index (χ0) is 24.9. The summed E-state index contributed by atoms with van der Waals surface area (Å²) in [5.41, 5.74) is 8.62. The van der Waals surface area contributed by atoms with Gasteiger partial charge in [0.05, 0.1) is 18.5 Å². The van der Waals surface area contributed by atoms with Crippen LogP contribution in [0.25, 0.3) is 0 Å². The van der Waals surface area contributed by atoms with Crippen LogP contribution in [0, 0.1) is 5.92 Å². The minimum atomic E-state index is -0.226. The van der Waals surface area contributed by atoms with Gasteiger partial charge in [-0.2, -0.15) is 0 Å². The highest BCUT2D eigenvalue weighted by atomic mass is 35.5. The number of methoxy groups -OCH3 is 1. The lowest BCUT2D eigenvalue weighted by molar-refractivity contribution is -0.121. The lowest BCUT2D eigenvalue weighted by Gasteiger charge is -2.31. The third-order valence-corrected chi connectivity index (χ3v) is 6.68. The quantitative estimate of drug-likeness (QED) is 0.325. The van der Waals surface area contributed by atoms with Crippen LogP contribution in [-0.4, -0.2) is 41.9 Å². The number of nitrogens with one attached hydrogen (secondary N) is 1. The van der Waals surface area contributed by atoms with Crippen molar-refractivity contribution in [3.05, 3.63) is 82.4 Å². The minimum absolute atomic E-state index is 0.138. The number of phenolic OH excluding ortho intramolecular Hbond substituents is 1. The van der Waals surface area contributed by atoms with E-state index < -0.39 is 0 Å². The molecule has 1 amide bonds. The number of nitrogens with two attached hydrogens (primary N) is 1. The van der Waals surface area contributed by atoms with E-state index in [0.29, 0.717) is 52.7 Å². The molecule has 0 spiro atoms. The molecule has 35 heavy (non-hydrogen) atoms. The largest absolute Gasteiger partial charge is 0.508 e. The van der Waals surface area contributed by atoms with E-state index in [-0.39, 0.29) is 23.4 Å². The highest BCUT2D eigenvalue weighted by Gasteiger charge is 2.27. The Hall–Kier alpha value is -3.55. The fraction of sp³-hybridized carbons (Fsp3) is 0.259. The Bertz CT molecular complexity index is 1220. The predicted molar refractivity (Wildman–Crippen MR) is 137 cm³/mol. The maximum absolute atomic E-state index is 13.2. The van der Waals surface area contributed by atoms with Gasteiger partial charge >= 0.3 is 0 Å². The molecule has 182 valence electrons. The molecule has 0 aromatic heterocycles. The topological polar surface area (TPSA) is 105 Å². The summed E-state index contributed by atoms with van der Waals surface area (Å²) in [4.78, 5) is 28.5. The molecule has 0 saturated carbocycles. The van der Waals surface area contributed by atoms with Gasteiger partial charge in [-0.15, -0.1) is 0 Å². The number of amides is 1. The lowest BCUT2D eigenvalue weighted by atomic mass is 9.94. The van der Waals surface area contributed by atoms with Gasteiger partial charge in [-0.05, 0) is 80.0 Å². The van der Waals surface area contributed by atoms with Crippen molar-refractivity contribution in [2.45, 2.75) is 19.4 Å². The van der Waals surface area contributed by atoms with E-state index in [1.807, 2.05) is 6.07 Å². The Morgan fingerprint density at radius 3 is 2.49 bits per heavy atom. The number of ether oxygens (including phenoxy) is 1. The van der Waals surface area contributed by atoms with Crippen molar-refractivity contribution in [2.75, 3.05) is 31.2 Å². The molecule has 0 unspecified atom stereocenters. The molecule has 3 aromatic rings. The molecule has 4 N–H and O–H groups in total. The number of benzene rings is 3. The van der Waals surface area contributed by atoms with Gasteiger partial charge in [0, 0.05) is 28.6 Å². The summed E-state index contributed by atoms with van der Waals surface area (Å²) < 4.78 is 5.16. The Morgan fingerprint density at radius 2 is 1.83 bits per heavy atom. The zero-order valence-electron chi connectivity index (χ0n) is 19.5. The fourth-order valence-electron chi connectivity index (χ4n) is 4.28. The maximum atomic E-state index is 13.2. The number of para-hydroxylation sites is 1. The molecule has 1 heterocycles. The number of phenols is 1. The van der Waals surface area contributed by atoms with Crippen molar-refractivity contribution < 1.29 is 19.4 Å². The number of rotatable bonds is 7. The fourth-order valence-corrected chi connectivity index (χ4v) is 4.52. The summed E-state index contributed by atoms with van der Waals surface area (Å²) in [5.74, 6) is 0.232. The number of anilines is 2. The normalized spacial score (nSPS) is 14.5. The number of carbonyl (C=O) groups is 2. The van der Waals surface area contributed by atoms with Crippen molar-refractivity contribution in [3.8, 4) is 11.5 Å². The van der Waals surface area contributed by atoms with Gasteiger partial charge in [0.1, 0.15) is 11.5 Å².